The van der Waals surface area contributed by atoms with E-state index in [1.807, 2.05) is 31.4 Å². The van der Waals surface area contributed by atoms with Crippen molar-refractivity contribution in [3.8, 4) is 10.7 Å². The van der Waals surface area contributed by atoms with Crippen LogP contribution in [0, 0.1) is 5.92 Å². The maximum absolute atomic E-state index is 12.9. The molecule has 1 atom stereocenters. The van der Waals surface area contributed by atoms with E-state index >= 15 is 0 Å². The van der Waals surface area contributed by atoms with Crippen LogP contribution in [-0.4, -0.2) is 59.8 Å². The van der Waals surface area contributed by atoms with Crippen LogP contribution >= 0.6 is 11.3 Å². The number of sulfonamides is 1. The van der Waals surface area contributed by atoms with Crippen LogP contribution in [0.25, 0.3) is 10.7 Å². The van der Waals surface area contributed by atoms with Crippen LogP contribution < -0.4 is 5.32 Å². The summed E-state index contributed by atoms with van der Waals surface area (Å²) in [7, 11) is -3.52. The minimum absolute atomic E-state index is 0.0751. The maximum Gasteiger partial charge on any atom is 0.243 e. The lowest BCUT2D eigenvalue weighted by Crippen LogP contribution is -2.40. The Morgan fingerprint density at radius 2 is 2.00 bits per heavy atom. The molecule has 182 valence electrons. The summed E-state index contributed by atoms with van der Waals surface area (Å²) in [6.07, 6.45) is 1.69. The summed E-state index contributed by atoms with van der Waals surface area (Å²) >= 11 is 1.56. The molecule has 1 aliphatic heterocycles. The Morgan fingerprint density at radius 1 is 1.24 bits per heavy atom. The number of thiophene rings is 1. The van der Waals surface area contributed by atoms with Crippen LogP contribution in [0.2, 0.25) is 0 Å². The molecule has 1 aliphatic rings. The highest BCUT2D eigenvalue weighted by Gasteiger charge is 2.27. The van der Waals surface area contributed by atoms with Crippen molar-refractivity contribution in [2.75, 3.05) is 31.5 Å². The minimum Gasteiger partial charge on any atom is -0.338 e. The molecule has 3 heterocycles. The SMILES string of the molecule is CCN(CC)S(=O)(=O)c1ccc(NC(=O)C2CCCN(Cc3nc(-c4cccs4)no3)C2)cc1. The molecule has 0 bridgehead atoms. The molecular weight excluding hydrogens is 474 g/mol. The molecule has 9 nitrogen and oxygen atoms in total. The smallest absolute Gasteiger partial charge is 0.243 e. The number of rotatable bonds is 9. The highest BCUT2D eigenvalue weighted by molar-refractivity contribution is 7.89. The summed E-state index contributed by atoms with van der Waals surface area (Å²) in [6.45, 7) is 6.40. The van der Waals surface area contributed by atoms with E-state index in [1.165, 1.54) is 16.4 Å². The summed E-state index contributed by atoms with van der Waals surface area (Å²) < 4.78 is 32.1. The van der Waals surface area contributed by atoms with Crippen LogP contribution in [-0.2, 0) is 21.4 Å². The molecule has 1 amide bonds. The second-order valence-electron chi connectivity index (χ2n) is 8.17. The third-order valence-electron chi connectivity index (χ3n) is 5.91. The van der Waals surface area contributed by atoms with Gasteiger partial charge in [0.1, 0.15) is 0 Å². The Hall–Kier alpha value is -2.60. The van der Waals surface area contributed by atoms with Gasteiger partial charge in [0.2, 0.25) is 27.6 Å². The van der Waals surface area contributed by atoms with Gasteiger partial charge in [-0.3, -0.25) is 9.69 Å². The van der Waals surface area contributed by atoms with Gasteiger partial charge in [0, 0.05) is 25.3 Å². The standard InChI is InChI=1S/C23H29N5O4S2/c1-3-28(4-2)34(30,31)19-11-9-18(10-12-19)24-23(29)17-7-5-13-27(15-17)16-21-25-22(26-32-21)20-8-6-14-33-20/h6,8-12,14,17H,3-5,7,13,15-16H2,1-2H3,(H,24,29). The zero-order valence-electron chi connectivity index (χ0n) is 19.3. The first-order valence-electron chi connectivity index (χ1n) is 11.4. The fourth-order valence-corrected chi connectivity index (χ4v) is 6.20. The van der Waals surface area contributed by atoms with E-state index in [1.54, 1.807) is 23.5 Å². The lowest BCUT2D eigenvalue weighted by Gasteiger charge is -2.30. The van der Waals surface area contributed by atoms with Crippen molar-refractivity contribution in [1.29, 1.82) is 0 Å². The molecule has 2 aromatic heterocycles. The van der Waals surface area contributed by atoms with Gasteiger partial charge in [0.25, 0.3) is 0 Å². The number of hydrogen-bond acceptors (Lipinski definition) is 8. The second kappa shape index (κ2) is 10.8. The molecule has 11 heteroatoms. The zero-order chi connectivity index (χ0) is 24.1. The molecule has 0 aliphatic carbocycles. The van der Waals surface area contributed by atoms with Gasteiger partial charge >= 0.3 is 0 Å². The van der Waals surface area contributed by atoms with Crippen LogP contribution in [0.4, 0.5) is 5.69 Å². The first-order valence-corrected chi connectivity index (χ1v) is 13.7. The van der Waals surface area contributed by atoms with E-state index in [2.05, 4.69) is 20.4 Å². The van der Waals surface area contributed by atoms with Gasteiger partial charge in [-0.05, 0) is 55.1 Å². The van der Waals surface area contributed by atoms with Gasteiger partial charge in [-0.2, -0.15) is 9.29 Å². The summed E-state index contributed by atoms with van der Waals surface area (Å²) in [5.74, 6) is 0.874. The maximum atomic E-state index is 12.9. The molecule has 1 unspecified atom stereocenters. The minimum atomic E-state index is -3.52. The van der Waals surface area contributed by atoms with Gasteiger partial charge < -0.3 is 9.84 Å². The number of carbonyl (C=O) groups excluding carboxylic acids is 1. The Bertz CT molecular complexity index is 1190. The molecule has 34 heavy (non-hydrogen) atoms. The number of anilines is 1. The van der Waals surface area contributed by atoms with Gasteiger partial charge in [0.15, 0.2) is 0 Å². The molecule has 0 radical (unpaired) electrons. The van der Waals surface area contributed by atoms with Gasteiger partial charge in [0.05, 0.1) is 22.2 Å². The van der Waals surface area contributed by atoms with E-state index in [4.69, 9.17) is 4.52 Å². The quantitative estimate of drug-likeness (QED) is 0.474. The predicted octanol–water partition coefficient (Wildman–Crippen LogP) is 3.68. The topological polar surface area (TPSA) is 109 Å². The first-order chi connectivity index (χ1) is 16.4. The normalized spacial score (nSPS) is 17.2. The highest BCUT2D eigenvalue weighted by Crippen LogP contribution is 2.24. The van der Waals surface area contributed by atoms with Crippen LogP contribution in [0.15, 0.2) is 51.2 Å². The van der Waals surface area contributed by atoms with Crippen molar-refractivity contribution in [3.05, 3.63) is 47.7 Å². The average molecular weight is 504 g/mol. The fourth-order valence-electron chi connectivity index (χ4n) is 4.10. The number of amides is 1. The summed E-state index contributed by atoms with van der Waals surface area (Å²) in [6, 6.07) is 10.3. The Kier molecular flexibility index (Phi) is 7.77. The van der Waals surface area contributed by atoms with E-state index in [0.717, 1.165) is 24.3 Å². The molecule has 3 aromatic rings. The largest absolute Gasteiger partial charge is 0.338 e. The van der Waals surface area contributed by atoms with E-state index in [0.29, 0.717) is 43.6 Å². The molecule has 4 rings (SSSR count). The van der Waals surface area contributed by atoms with Gasteiger partial charge in [-0.15, -0.1) is 11.3 Å². The lowest BCUT2D eigenvalue weighted by molar-refractivity contribution is -0.121. The van der Waals surface area contributed by atoms with Crippen molar-refractivity contribution in [1.82, 2.24) is 19.3 Å². The average Bonchev–Trinajstić information content (AvgIpc) is 3.52. The molecule has 0 spiro atoms. The molecule has 1 N–H and O–H groups in total. The third kappa shape index (κ3) is 5.54. The number of piperidine rings is 1. The first kappa shape index (κ1) is 24.5. The molecule has 0 saturated carbocycles. The monoisotopic (exact) mass is 503 g/mol. The molecule has 1 fully saturated rings. The second-order valence-corrected chi connectivity index (χ2v) is 11.1. The molecule has 1 saturated heterocycles. The van der Waals surface area contributed by atoms with Gasteiger partial charge in [-0.1, -0.05) is 25.1 Å². The summed E-state index contributed by atoms with van der Waals surface area (Å²) in [5.41, 5.74) is 0.582. The zero-order valence-corrected chi connectivity index (χ0v) is 20.9. The van der Waals surface area contributed by atoms with E-state index in [9.17, 15) is 13.2 Å². The molecular formula is C23H29N5O4S2. The summed E-state index contributed by atoms with van der Waals surface area (Å²) in [4.78, 5) is 20.7. The number of likely N-dealkylation sites (tertiary alicyclic amines) is 1. The number of aromatic nitrogens is 2. The van der Waals surface area contributed by atoms with Crippen LogP contribution in [0.5, 0.6) is 0 Å². The lowest BCUT2D eigenvalue weighted by atomic mass is 9.97. The predicted molar refractivity (Wildman–Crippen MR) is 131 cm³/mol. The highest BCUT2D eigenvalue weighted by atomic mass is 32.2. The number of benzene rings is 1. The summed E-state index contributed by atoms with van der Waals surface area (Å²) in [5, 5.41) is 8.95. The number of carbonyl (C=O) groups is 1. The number of nitrogens with zero attached hydrogens (tertiary/aromatic N) is 4. The number of nitrogens with one attached hydrogen (secondary N) is 1. The van der Waals surface area contributed by atoms with Crippen molar-refractivity contribution in [3.63, 3.8) is 0 Å². The van der Waals surface area contributed by atoms with Crippen molar-refractivity contribution >= 4 is 33.0 Å². The van der Waals surface area contributed by atoms with Crippen molar-refractivity contribution in [2.45, 2.75) is 38.1 Å². The molecule has 1 aromatic carbocycles. The van der Waals surface area contributed by atoms with Gasteiger partial charge in [-0.25, -0.2) is 8.42 Å². The Labute approximate surface area is 203 Å². The fraction of sp³-hybridized carbons (Fsp3) is 0.435. The van der Waals surface area contributed by atoms with Crippen molar-refractivity contribution in [2.24, 2.45) is 5.92 Å². The Morgan fingerprint density at radius 3 is 2.68 bits per heavy atom. The Balaban J connectivity index is 1.34. The van der Waals surface area contributed by atoms with Crippen molar-refractivity contribution < 1.29 is 17.7 Å². The van der Waals surface area contributed by atoms with Crippen LogP contribution in [0.3, 0.4) is 0 Å². The number of hydrogen-bond donors (Lipinski definition) is 1. The van der Waals surface area contributed by atoms with E-state index in [-0.39, 0.29) is 16.7 Å². The third-order valence-corrected chi connectivity index (χ3v) is 8.84. The van der Waals surface area contributed by atoms with E-state index < -0.39 is 10.0 Å². The van der Waals surface area contributed by atoms with Crippen LogP contribution in [0.1, 0.15) is 32.6 Å².